The summed E-state index contributed by atoms with van der Waals surface area (Å²) in [6.45, 7) is 3.61. The van der Waals surface area contributed by atoms with E-state index < -0.39 is 0 Å². The summed E-state index contributed by atoms with van der Waals surface area (Å²) in [5.74, 6) is 0.157. The van der Waals surface area contributed by atoms with Crippen LogP contribution in [0.2, 0.25) is 0 Å². The standard InChI is InChI=1S/C22H25N5O4/c1-13-5-6-15(21(29)25-19-7-8-31-26-19)9-17(13)16-10-18(22(30)27(3)4)20(23-11-16)24-14(2)12-28/h5-11,14,28H,12H2,1-4H3,(H,23,24)(H,25,26,29)/t14-/m0/s1. The molecule has 0 aliphatic rings. The van der Waals surface area contributed by atoms with Gasteiger partial charge in [-0.2, -0.15) is 0 Å². The van der Waals surface area contributed by atoms with Gasteiger partial charge in [0.2, 0.25) is 0 Å². The number of nitrogens with zero attached hydrogens (tertiary/aromatic N) is 3. The maximum absolute atomic E-state index is 12.8. The van der Waals surface area contributed by atoms with Crippen molar-refractivity contribution in [2.45, 2.75) is 19.9 Å². The minimum Gasteiger partial charge on any atom is -0.394 e. The van der Waals surface area contributed by atoms with E-state index in [1.807, 2.05) is 13.0 Å². The molecule has 0 saturated heterocycles. The van der Waals surface area contributed by atoms with Crippen LogP contribution in [0.4, 0.5) is 11.6 Å². The van der Waals surface area contributed by atoms with Crippen molar-refractivity contribution in [1.82, 2.24) is 15.0 Å². The van der Waals surface area contributed by atoms with Crippen LogP contribution in [-0.2, 0) is 0 Å². The van der Waals surface area contributed by atoms with Crippen LogP contribution in [0.5, 0.6) is 0 Å². The van der Waals surface area contributed by atoms with Crippen LogP contribution >= 0.6 is 0 Å². The highest BCUT2D eigenvalue weighted by molar-refractivity contribution is 6.05. The van der Waals surface area contributed by atoms with Gasteiger partial charge >= 0.3 is 0 Å². The zero-order valence-electron chi connectivity index (χ0n) is 17.8. The van der Waals surface area contributed by atoms with Crippen molar-refractivity contribution >= 4 is 23.5 Å². The number of hydrogen-bond donors (Lipinski definition) is 3. The number of carbonyl (C=O) groups excluding carboxylic acids is 2. The van der Waals surface area contributed by atoms with Gasteiger partial charge in [0.05, 0.1) is 12.2 Å². The molecule has 0 bridgehead atoms. The van der Waals surface area contributed by atoms with Crippen LogP contribution < -0.4 is 10.6 Å². The minimum atomic E-state index is -0.331. The molecule has 2 heterocycles. The van der Waals surface area contributed by atoms with Gasteiger partial charge in [-0.05, 0) is 43.2 Å². The molecule has 31 heavy (non-hydrogen) atoms. The zero-order valence-corrected chi connectivity index (χ0v) is 17.8. The van der Waals surface area contributed by atoms with E-state index in [0.29, 0.717) is 28.3 Å². The molecule has 1 atom stereocenters. The molecule has 0 saturated carbocycles. The number of pyridine rings is 1. The van der Waals surface area contributed by atoms with Gasteiger partial charge in [-0.1, -0.05) is 11.2 Å². The second-order valence-corrected chi connectivity index (χ2v) is 7.42. The summed E-state index contributed by atoms with van der Waals surface area (Å²) in [6.07, 6.45) is 3.01. The molecular formula is C22H25N5O4. The van der Waals surface area contributed by atoms with E-state index in [-0.39, 0.29) is 24.5 Å². The Bertz CT molecular complexity index is 1080. The van der Waals surface area contributed by atoms with Crippen molar-refractivity contribution < 1.29 is 19.2 Å². The molecule has 0 fully saturated rings. The number of aromatic nitrogens is 2. The lowest BCUT2D eigenvalue weighted by molar-refractivity contribution is 0.0828. The highest BCUT2D eigenvalue weighted by Crippen LogP contribution is 2.28. The fraction of sp³-hybridized carbons (Fsp3) is 0.273. The number of hydrogen-bond acceptors (Lipinski definition) is 7. The second kappa shape index (κ2) is 9.40. The van der Waals surface area contributed by atoms with Crippen molar-refractivity contribution in [3.05, 3.63) is 59.5 Å². The predicted molar refractivity (Wildman–Crippen MR) is 117 cm³/mol. The topological polar surface area (TPSA) is 121 Å². The number of nitrogens with one attached hydrogen (secondary N) is 2. The van der Waals surface area contributed by atoms with Gasteiger partial charge in [-0.25, -0.2) is 4.98 Å². The van der Waals surface area contributed by atoms with Gasteiger partial charge in [-0.15, -0.1) is 0 Å². The van der Waals surface area contributed by atoms with Crippen LogP contribution in [-0.4, -0.2) is 58.7 Å². The number of rotatable bonds is 7. The van der Waals surface area contributed by atoms with Crippen LogP contribution in [0.15, 0.2) is 47.3 Å². The number of benzene rings is 1. The molecule has 9 heteroatoms. The minimum absolute atomic E-state index is 0.0964. The van der Waals surface area contributed by atoms with Gasteiger partial charge < -0.3 is 25.2 Å². The summed E-state index contributed by atoms with van der Waals surface area (Å²) < 4.78 is 4.73. The fourth-order valence-corrected chi connectivity index (χ4v) is 2.95. The molecule has 0 unspecified atom stereocenters. The van der Waals surface area contributed by atoms with Crippen LogP contribution in [0.1, 0.15) is 33.2 Å². The summed E-state index contributed by atoms with van der Waals surface area (Å²) in [5.41, 5.74) is 3.20. The molecule has 2 amide bonds. The van der Waals surface area contributed by atoms with Crippen molar-refractivity contribution in [3.63, 3.8) is 0 Å². The van der Waals surface area contributed by atoms with Crippen molar-refractivity contribution in [2.75, 3.05) is 31.3 Å². The first-order valence-electron chi connectivity index (χ1n) is 9.72. The highest BCUT2D eigenvalue weighted by atomic mass is 16.5. The van der Waals surface area contributed by atoms with Crippen molar-refractivity contribution in [2.24, 2.45) is 0 Å². The number of aryl methyl sites for hydroxylation is 1. The quantitative estimate of drug-likeness (QED) is 0.534. The number of carbonyl (C=O) groups is 2. The molecule has 162 valence electrons. The molecule has 0 aliphatic carbocycles. The van der Waals surface area contributed by atoms with Gasteiger partial charge in [0, 0.05) is 43.5 Å². The summed E-state index contributed by atoms with van der Waals surface area (Å²) in [6, 6.07) is 8.32. The first-order chi connectivity index (χ1) is 14.8. The van der Waals surface area contributed by atoms with Crippen molar-refractivity contribution in [3.8, 4) is 11.1 Å². The van der Waals surface area contributed by atoms with Gasteiger partial charge in [0.15, 0.2) is 5.82 Å². The monoisotopic (exact) mass is 423 g/mol. The van der Waals surface area contributed by atoms with E-state index in [2.05, 4.69) is 20.8 Å². The number of aliphatic hydroxyl groups is 1. The largest absolute Gasteiger partial charge is 0.394 e. The van der Waals surface area contributed by atoms with Gasteiger partial charge in [0.25, 0.3) is 11.8 Å². The van der Waals surface area contributed by atoms with Crippen LogP contribution in [0.3, 0.4) is 0 Å². The molecule has 0 radical (unpaired) electrons. The smallest absolute Gasteiger partial charge is 0.257 e. The molecule has 0 spiro atoms. The van der Waals surface area contributed by atoms with E-state index in [1.165, 1.54) is 11.2 Å². The number of aliphatic hydroxyl groups excluding tert-OH is 1. The lowest BCUT2D eigenvalue weighted by Gasteiger charge is -2.19. The Labute approximate surface area is 180 Å². The summed E-state index contributed by atoms with van der Waals surface area (Å²) in [7, 11) is 3.32. The maximum Gasteiger partial charge on any atom is 0.257 e. The number of amides is 2. The Hall–Kier alpha value is -3.72. The molecule has 3 aromatic rings. The first kappa shape index (κ1) is 22.0. The van der Waals surface area contributed by atoms with E-state index in [4.69, 9.17) is 4.52 Å². The Balaban J connectivity index is 2.00. The van der Waals surface area contributed by atoms with E-state index in [0.717, 1.165) is 11.1 Å². The van der Waals surface area contributed by atoms with Crippen LogP contribution in [0, 0.1) is 6.92 Å². The third-order valence-corrected chi connectivity index (χ3v) is 4.67. The molecule has 3 N–H and O–H groups in total. The molecular weight excluding hydrogens is 398 g/mol. The Kier molecular flexibility index (Phi) is 6.66. The average Bonchev–Trinajstić information content (AvgIpc) is 3.26. The predicted octanol–water partition coefficient (Wildman–Crippen LogP) is 2.79. The fourth-order valence-electron chi connectivity index (χ4n) is 2.95. The Morgan fingerprint density at radius 2 is 2.00 bits per heavy atom. The second-order valence-electron chi connectivity index (χ2n) is 7.42. The highest BCUT2D eigenvalue weighted by Gasteiger charge is 2.19. The number of anilines is 2. The van der Waals surface area contributed by atoms with Gasteiger partial charge in [-0.3, -0.25) is 9.59 Å². The summed E-state index contributed by atoms with van der Waals surface area (Å²) >= 11 is 0. The average molecular weight is 423 g/mol. The zero-order chi connectivity index (χ0) is 22.5. The molecule has 1 aromatic carbocycles. The lowest BCUT2D eigenvalue weighted by Crippen LogP contribution is -2.26. The summed E-state index contributed by atoms with van der Waals surface area (Å²) in [4.78, 5) is 31.2. The van der Waals surface area contributed by atoms with E-state index in [9.17, 15) is 14.7 Å². The summed E-state index contributed by atoms with van der Waals surface area (Å²) in [5, 5.41) is 18.7. The molecule has 3 rings (SSSR count). The third kappa shape index (κ3) is 5.07. The Morgan fingerprint density at radius 3 is 2.65 bits per heavy atom. The normalized spacial score (nSPS) is 11.6. The van der Waals surface area contributed by atoms with E-state index >= 15 is 0 Å². The van der Waals surface area contributed by atoms with Gasteiger partial charge in [0.1, 0.15) is 12.1 Å². The van der Waals surface area contributed by atoms with Crippen LogP contribution in [0.25, 0.3) is 11.1 Å². The Morgan fingerprint density at radius 1 is 1.23 bits per heavy atom. The lowest BCUT2D eigenvalue weighted by atomic mass is 9.97. The maximum atomic E-state index is 12.8. The van der Waals surface area contributed by atoms with Crippen molar-refractivity contribution in [1.29, 1.82) is 0 Å². The molecule has 9 nitrogen and oxygen atoms in total. The third-order valence-electron chi connectivity index (χ3n) is 4.67. The SMILES string of the molecule is Cc1ccc(C(=O)Nc2ccon2)cc1-c1cnc(N[C@@H](C)CO)c(C(=O)N(C)C)c1. The molecule has 0 aliphatic heterocycles. The first-order valence-corrected chi connectivity index (χ1v) is 9.72. The molecule has 2 aromatic heterocycles. The van der Waals surface area contributed by atoms with E-state index in [1.54, 1.807) is 51.5 Å².